The Labute approximate surface area is 205 Å². The van der Waals surface area contributed by atoms with Gasteiger partial charge >= 0.3 is 5.97 Å². The van der Waals surface area contributed by atoms with E-state index in [4.69, 9.17) is 4.74 Å². The Morgan fingerprint density at radius 2 is 1.80 bits per heavy atom. The lowest BCUT2D eigenvalue weighted by atomic mass is 9.89. The van der Waals surface area contributed by atoms with E-state index >= 15 is 0 Å². The summed E-state index contributed by atoms with van der Waals surface area (Å²) in [6, 6.07) is 16.7. The molecule has 184 valence electrons. The van der Waals surface area contributed by atoms with Crippen molar-refractivity contribution in [3.05, 3.63) is 83.2 Å². The molecule has 6 nitrogen and oxygen atoms in total. The van der Waals surface area contributed by atoms with Crippen LogP contribution >= 0.6 is 0 Å². The van der Waals surface area contributed by atoms with Gasteiger partial charge in [-0.15, -0.1) is 0 Å². The van der Waals surface area contributed by atoms with Gasteiger partial charge in [-0.25, -0.2) is 17.6 Å². The highest BCUT2D eigenvalue weighted by molar-refractivity contribution is 7.89. The molecule has 1 heterocycles. The third-order valence-electron chi connectivity index (χ3n) is 6.38. The molecule has 3 aromatic rings. The second kappa shape index (κ2) is 9.79. The first kappa shape index (κ1) is 24.9. The third-order valence-corrected chi connectivity index (χ3v) is 8.18. The number of sulfonamides is 1. The van der Waals surface area contributed by atoms with Gasteiger partial charge in [-0.2, -0.15) is 4.31 Å². The Kier molecular flexibility index (Phi) is 6.96. The van der Waals surface area contributed by atoms with Gasteiger partial charge in [0.25, 0.3) is 0 Å². The lowest BCUT2D eigenvalue weighted by Crippen LogP contribution is -2.37. The van der Waals surface area contributed by atoms with Crippen molar-refractivity contribution in [2.24, 2.45) is 0 Å². The molecule has 0 spiro atoms. The first-order chi connectivity index (χ1) is 16.6. The molecule has 1 aliphatic rings. The van der Waals surface area contributed by atoms with Crippen molar-refractivity contribution in [1.29, 1.82) is 0 Å². The average molecular weight is 498 g/mol. The Morgan fingerprint density at radius 3 is 2.43 bits per heavy atom. The molecule has 2 unspecified atom stereocenters. The Morgan fingerprint density at radius 1 is 1.11 bits per heavy atom. The van der Waals surface area contributed by atoms with E-state index in [0.29, 0.717) is 24.3 Å². The molecule has 3 aromatic carbocycles. The minimum atomic E-state index is -3.80. The molecule has 0 amide bonds. The van der Waals surface area contributed by atoms with Gasteiger partial charge in [0, 0.05) is 13.1 Å². The molecule has 35 heavy (non-hydrogen) atoms. The fourth-order valence-corrected chi connectivity index (χ4v) is 6.00. The molecule has 0 aliphatic carbocycles. The summed E-state index contributed by atoms with van der Waals surface area (Å²) in [5.41, 5.74) is 4.32. The maximum absolute atomic E-state index is 13.5. The molecule has 0 radical (unpaired) electrons. The molecular formula is C27H28FNO5S. The van der Waals surface area contributed by atoms with Crippen molar-refractivity contribution in [3.63, 3.8) is 0 Å². The van der Waals surface area contributed by atoms with E-state index < -0.39 is 22.1 Å². The Bertz CT molecular complexity index is 1350. The second-order valence-electron chi connectivity index (χ2n) is 8.90. The van der Waals surface area contributed by atoms with E-state index in [2.05, 4.69) is 0 Å². The van der Waals surface area contributed by atoms with Crippen LogP contribution in [-0.2, 0) is 21.4 Å². The SMILES string of the molecule is CCC(Oc1ccc(S(=O)(=O)N2Cc3cc(-c4ccc(F)cc4)ccc3C(C)C2)cc1C)C(=O)O. The van der Waals surface area contributed by atoms with Crippen molar-refractivity contribution in [2.75, 3.05) is 6.54 Å². The molecule has 0 saturated carbocycles. The molecule has 1 N–H and O–H groups in total. The van der Waals surface area contributed by atoms with Gasteiger partial charge in [-0.05, 0) is 83.5 Å². The lowest BCUT2D eigenvalue weighted by Gasteiger charge is -2.32. The minimum absolute atomic E-state index is 0.000347. The lowest BCUT2D eigenvalue weighted by molar-refractivity contribution is -0.145. The summed E-state index contributed by atoms with van der Waals surface area (Å²) < 4.78 is 47.4. The molecule has 0 bridgehead atoms. The van der Waals surface area contributed by atoms with Crippen LogP contribution in [-0.4, -0.2) is 36.4 Å². The second-order valence-corrected chi connectivity index (χ2v) is 10.8. The smallest absolute Gasteiger partial charge is 0.344 e. The fraction of sp³-hybridized carbons (Fsp3) is 0.296. The zero-order chi connectivity index (χ0) is 25.3. The van der Waals surface area contributed by atoms with Crippen LogP contribution in [0.5, 0.6) is 5.75 Å². The van der Waals surface area contributed by atoms with Crippen molar-refractivity contribution in [3.8, 4) is 16.9 Å². The van der Waals surface area contributed by atoms with Crippen LogP contribution in [0.25, 0.3) is 11.1 Å². The molecule has 1 aliphatic heterocycles. The maximum Gasteiger partial charge on any atom is 0.344 e. The summed E-state index contributed by atoms with van der Waals surface area (Å²) in [6.07, 6.45) is -0.703. The number of benzene rings is 3. The van der Waals surface area contributed by atoms with Crippen molar-refractivity contribution < 1.29 is 27.4 Å². The van der Waals surface area contributed by atoms with Gasteiger partial charge in [0.1, 0.15) is 11.6 Å². The van der Waals surface area contributed by atoms with Crippen LogP contribution in [0.1, 0.15) is 42.9 Å². The summed E-state index contributed by atoms with van der Waals surface area (Å²) in [6.45, 7) is 5.98. The summed E-state index contributed by atoms with van der Waals surface area (Å²) in [4.78, 5) is 11.4. The summed E-state index contributed by atoms with van der Waals surface area (Å²) in [5, 5.41) is 9.24. The van der Waals surface area contributed by atoms with E-state index in [-0.39, 0.29) is 23.2 Å². The number of carboxylic acids is 1. The number of hydrogen-bond donors (Lipinski definition) is 1. The Hall–Kier alpha value is -3.23. The number of halogens is 1. The van der Waals surface area contributed by atoms with E-state index in [9.17, 15) is 22.7 Å². The van der Waals surface area contributed by atoms with E-state index in [1.807, 2.05) is 25.1 Å². The average Bonchev–Trinajstić information content (AvgIpc) is 2.83. The monoisotopic (exact) mass is 497 g/mol. The van der Waals surface area contributed by atoms with Gasteiger partial charge in [-0.3, -0.25) is 0 Å². The number of carboxylic acid groups (broad SMARTS) is 1. The molecule has 4 rings (SSSR count). The molecule has 8 heteroatoms. The predicted octanol–water partition coefficient (Wildman–Crippen LogP) is 5.35. The summed E-state index contributed by atoms with van der Waals surface area (Å²) in [7, 11) is -3.80. The topological polar surface area (TPSA) is 83.9 Å². The molecule has 0 aromatic heterocycles. The standard InChI is InChI=1S/C27H28FNO5S/c1-4-25(27(30)31)34-26-12-10-23(13-17(26)2)35(32,33)29-15-18(3)24-11-7-20(14-21(24)16-29)19-5-8-22(28)9-6-19/h5-14,18,25H,4,15-16H2,1-3H3,(H,30,31). The van der Waals surface area contributed by atoms with E-state index in [0.717, 1.165) is 22.3 Å². The fourth-order valence-electron chi connectivity index (χ4n) is 4.41. The van der Waals surface area contributed by atoms with Crippen LogP contribution in [0.4, 0.5) is 4.39 Å². The highest BCUT2D eigenvalue weighted by Gasteiger charge is 2.32. The first-order valence-electron chi connectivity index (χ1n) is 11.5. The number of carbonyl (C=O) groups is 1. The number of hydrogen-bond acceptors (Lipinski definition) is 4. The van der Waals surface area contributed by atoms with Crippen molar-refractivity contribution in [1.82, 2.24) is 4.31 Å². The van der Waals surface area contributed by atoms with Crippen LogP contribution in [0.15, 0.2) is 65.6 Å². The van der Waals surface area contributed by atoms with Gasteiger partial charge in [0.15, 0.2) is 6.10 Å². The largest absolute Gasteiger partial charge is 0.479 e. The zero-order valence-electron chi connectivity index (χ0n) is 19.9. The van der Waals surface area contributed by atoms with E-state index in [1.54, 1.807) is 26.0 Å². The molecular weight excluding hydrogens is 469 g/mol. The maximum atomic E-state index is 13.5. The molecule has 0 saturated heterocycles. The zero-order valence-corrected chi connectivity index (χ0v) is 20.7. The number of rotatable bonds is 7. The molecule has 2 atom stereocenters. The van der Waals surface area contributed by atoms with Gasteiger partial charge < -0.3 is 9.84 Å². The van der Waals surface area contributed by atoms with Crippen molar-refractivity contribution in [2.45, 2.75) is 50.7 Å². The van der Waals surface area contributed by atoms with Crippen LogP contribution in [0.3, 0.4) is 0 Å². The highest BCUT2D eigenvalue weighted by atomic mass is 32.2. The predicted molar refractivity (Wildman–Crippen MR) is 131 cm³/mol. The normalized spacial score (nSPS) is 17.0. The quantitative estimate of drug-likeness (QED) is 0.476. The van der Waals surface area contributed by atoms with Gasteiger partial charge in [0.05, 0.1) is 4.90 Å². The Balaban J connectivity index is 1.61. The summed E-state index contributed by atoms with van der Waals surface area (Å²) >= 11 is 0. The third kappa shape index (κ3) is 5.09. The molecule has 0 fully saturated rings. The van der Waals surface area contributed by atoms with Crippen molar-refractivity contribution >= 4 is 16.0 Å². The highest BCUT2D eigenvalue weighted by Crippen LogP contribution is 2.35. The van der Waals surface area contributed by atoms with Gasteiger partial charge in [-0.1, -0.05) is 38.1 Å². The van der Waals surface area contributed by atoms with E-state index in [1.165, 1.54) is 34.6 Å². The first-order valence-corrected chi connectivity index (χ1v) is 12.9. The number of aryl methyl sites for hydroxylation is 1. The van der Waals surface area contributed by atoms with Gasteiger partial charge in [0.2, 0.25) is 10.0 Å². The number of fused-ring (bicyclic) bond motifs is 1. The van der Waals surface area contributed by atoms with Crippen LogP contribution in [0, 0.1) is 12.7 Å². The van der Waals surface area contributed by atoms with Crippen LogP contribution in [0.2, 0.25) is 0 Å². The number of aliphatic carboxylic acids is 1. The number of nitrogens with zero attached hydrogens (tertiary/aromatic N) is 1. The summed E-state index contributed by atoms with van der Waals surface area (Å²) in [5.74, 6) is -1.03. The number of ether oxygens (including phenoxy) is 1. The van der Waals surface area contributed by atoms with Crippen LogP contribution < -0.4 is 4.74 Å². The minimum Gasteiger partial charge on any atom is -0.479 e.